The largest absolute Gasteiger partial charge is 0.493 e. The van der Waals surface area contributed by atoms with Crippen molar-refractivity contribution in [2.75, 3.05) is 38.7 Å². The van der Waals surface area contributed by atoms with Gasteiger partial charge in [-0.1, -0.05) is 47.7 Å². The van der Waals surface area contributed by atoms with E-state index in [1.165, 1.54) is 11.3 Å². The van der Waals surface area contributed by atoms with Gasteiger partial charge in [-0.15, -0.1) is 0 Å². The zero-order valence-corrected chi connectivity index (χ0v) is 20.7. The number of anilines is 1. The van der Waals surface area contributed by atoms with Gasteiger partial charge in [0, 0.05) is 44.7 Å². The second-order valence-electron chi connectivity index (χ2n) is 9.71. The number of ether oxygens (including phenoxy) is 1. The lowest BCUT2D eigenvalue weighted by molar-refractivity contribution is 0.0690. The number of fused-ring (bicyclic) bond motifs is 2. The molecule has 3 heterocycles. The molecular weight excluding hydrogens is 460 g/mol. The van der Waals surface area contributed by atoms with Crippen LogP contribution in [0.5, 0.6) is 5.75 Å². The highest BCUT2D eigenvalue weighted by molar-refractivity contribution is 7.19. The van der Waals surface area contributed by atoms with Gasteiger partial charge in [0.25, 0.3) is 11.8 Å². The van der Waals surface area contributed by atoms with Crippen molar-refractivity contribution in [1.29, 1.82) is 0 Å². The van der Waals surface area contributed by atoms with Gasteiger partial charge >= 0.3 is 0 Å². The highest BCUT2D eigenvalue weighted by Gasteiger charge is 2.54. The topological polar surface area (TPSA) is 74.8 Å². The van der Waals surface area contributed by atoms with Crippen LogP contribution in [-0.2, 0) is 6.42 Å². The van der Waals surface area contributed by atoms with E-state index >= 15 is 0 Å². The molecule has 0 unspecified atom stereocenters. The maximum Gasteiger partial charge on any atom is 0.274 e. The van der Waals surface area contributed by atoms with Crippen molar-refractivity contribution in [1.82, 2.24) is 15.2 Å². The van der Waals surface area contributed by atoms with Crippen LogP contribution in [0.15, 0.2) is 48.5 Å². The number of nitrogens with one attached hydrogen (secondary N) is 1. The monoisotopic (exact) mass is 488 g/mol. The molecule has 0 bridgehead atoms. The number of piperidine rings is 1. The lowest BCUT2D eigenvalue weighted by Gasteiger charge is -2.27. The van der Waals surface area contributed by atoms with Crippen molar-refractivity contribution >= 4 is 28.3 Å². The molecule has 6 rings (SSSR count). The Kier molecular flexibility index (Phi) is 5.48. The minimum atomic E-state index is -0.0997. The van der Waals surface area contributed by atoms with Crippen molar-refractivity contribution in [3.63, 3.8) is 0 Å². The summed E-state index contributed by atoms with van der Waals surface area (Å²) in [4.78, 5) is 36.4. The molecule has 0 spiro atoms. The fraction of sp³-hybridized carbons (Fsp3) is 0.370. The van der Waals surface area contributed by atoms with E-state index in [0.717, 1.165) is 46.3 Å². The number of carbonyl (C=O) groups is 2. The molecule has 8 heteroatoms. The van der Waals surface area contributed by atoms with Gasteiger partial charge in [-0.2, -0.15) is 0 Å². The Hall–Kier alpha value is -3.39. The molecule has 1 aromatic heterocycles. The lowest BCUT2D eigenvalue weighted by atomic mass is 10.0. The van der Waals surface area contributed by atoms with Crippen molar-refractivity contribution < 1.29 is 14.3 Å². The quantitative estimate of drug-likeness (QED) is 0.573. The number of nitrogens with zero attached hydrogens (tertiary/aromatic N) is 3. The van der Waals surface area contributed by atoms with Gasteiger partial charge in [-0.3, -0.25) is 9.59 Å². The van der Waals surface area contributed by atoms with Crippen LogP contribution in [-0.4, -0.2) is 61.5 Å². The second kappa shape index (κ2) is 8.68. The number of carbonyl (C=O) groups excluding carboxylic acids is 2. The highest BCUT2D eigenvalue weighted by Crippen LogP contribution is 2.50. The number of benzene rings is 2. The number of amides is 2. The summed E-state index contributed by atoms with van der Waals surface area (Å²) in [5.41, 5.74) is 3.14. The first-order chi connectivity index (χ1) is 17.0. The average molecular weight is 489 g/mol. The molecule has 35 heavy (non-hydrogen) atoms. The zero-order chi connectivity index (χ0) is 24.1. The second-order valence-corrected chi connectivity index (χ2v) is 10.7. The molecule has 3 aliphatic rings. The Balaban J connectivity index is 1.23. The molecule has 2 aliphatic heterocycles. The zero-order valence-electron chi connectivity index (χ0n) is 19.9. The molecule has 0 radical (unpaired) electrons. The number of hydrogen-bond acceptors (Lipinski definition) is 6. The third-order valence-corrected chi connectivity index (χ3v) is 8.53. The van der Waals surface area contributed by atoms with Gasteiger partial charge in [0.1, 0.15) is 11.4 Å². The standard InChI is InChI=1S/C27H28N4O3S/c1-30(2)27-29-23(24(35-27)16-7-4-3-5-8-16)26(33)31-15-17-13-20(17)21(31)14-28-25(32)19-9-6-10-22-18(19)11-12-34-22/h3-10,17,20-21H,11-15H2,1-2H3,(H,28,32)/t17-,20-,21+/m0/s1. The first-order valence-electron chi connectivity index (χ1n) is 12.1. The van der Waals surface area contributed by atoms with E-state index in [0.29, 0.717) is 36.2 Å². The van der Waals surface area contributed by atoms with Crippen molar-refractivity contribution in [3.8, 4) is 16.2 Å². The Morgan fingerprint density at radius 1 is 1.17 bits per heavy atom. The molecule has 1 aliphatic carbocycles. The Morgan fingerprint density at radius 2 is 2.00 bits per heavy atom. The normalized spacial score (nSPS) is 21.8. The maximum absolute atomic E-state index is 13.8. The van der Waals surface area contributed by atoms with E-state index in [9.17, 15) is 9.59 Å². The van der Waals surface area contributed by atoms with Crippen LogP contribution in [0.4, 0.5) is 5.13 Å². The molecule has 1 saturated heterocycles. The molecule has 180 valence electrons. The molecule has 3 aromatic rings. The fourth-order valence-corrected chi connectivity index (χ4v) is 6.35. The maximum atomic E-state index is 13.8. The smallest absolute Gasteiger partial charge is 0.274 e. The molecule has 1 saturated carbocycles. The van der Waals surface area contributed by atoms with Gasteiger partial charge in [0.15, 0.2) is 5.13 Å². The summed E-state index contributed by atoms with van der Waals surface area (Å²) in [5, 5.41) is 3.93. The Bertz CT molecular complexity index is 1290. The van der Waals surface area contributed by atoms with E-state index in [4.69, 9.17) is 9.72 Å². The van der Waals surface area contributed by atoms with E-state index in [2.05, 4.69) is 5.32 Å². The van der Waals surface area contributed by atoms with Gasteiger partial charge in [-0.05, 0) is 36.0 Å². The van der Waals surface area contributed by atoms with Crippen LogP contribution in [0.3, 0.4) is 0 Å². The SMILES string of the molecule is CN(C)c1nc(C(=O)N2C[C@@H]3C[C@@H]3[C@H]2CNC(=O)c2cccc3c2CCO3)c(-c2ccccc2)s1. The molecule has 2 amide bonds. The molecule has 7 nitrogen and oxygen atoms in total. The van der Waals surface area contributed by atoms with Gasteiger partial charge in [-0.25, -0.2) is 4.98 Å². The van der Waals surface area contributed by atoms with Gasteiger partial charge in [0.2, 0.25) is 0 Å². The number of thiazole rings is 1. The molecule has 2 aromatic carbocycles. The third-order valence-electron chi connectivity index (χ3n) is 7.26. The van der Waals surface area contributed by atoms with Crippen LogP contribution in [0.25, 0.3) is 10.4 Å². The van der Waals surface area contributed by atoms with Gasteiger partial charge in [0.05, 0.1) is 17.5 Å². The number of likely N-dealkylation sites (tertiary alicyclic amines) is 1. The van der Waals surface area contributed by atoms with Crippen LogP contribution in [0.2, 0.25) is 0 Å². The van der Waals surface area contributed by atoms with E-state index in [-0.39, 0.29) is 17.9 Å². The van der Waals surface area contributed by atoms with E-state index in [1.807, 2.05) is 72.4 Å². The summed E-state index contributed by atoms with van der Waals surface area (Å²) in [7, 11) is 3.88. The fourth-order valence-electron chi connectivity index (χ4n) is 5.36. The molecule has 1 N–H and O–H groups in total. The van der Waals surface area contributed by atoms with Crippen LogP contribution in [0.1, 0.15) is 32.8 Å². The highest BCUT2D eigenvalue weighted by atomic mass is 32.1. The predicted molar refractivity (Wildman–Crippen MR) is 136 cm³/mol. The Morgan fingerprint density at radius 3 is 2.80 bits per heavy atom. The summed E-state index contributed by atoms with van der Waals surface area (Å²) in [6.45, 7) is 1.78. The minimum Gasteiger partial charge on any atom is -0.493 e. The van der Waals surface area contributed by atoms with E-state index in [1.54, 1.807) is 0 Å². The number of rotatable bonds is 6. The van der Waals surface area contributed by atoms with Crippen molar-refractivity contribution in [3.05, 3.63) is 65.4 Å². The summed E-state index contributed by atoms with van der Waals surface area (Å²) < 4.78 is 5.61. The summed E-state index contributed by atoms with van der Waals surface area (Å²) in [5.74, 6) is 1.61. The predicted octanol–water partition coefficient (Wildman–Crippen LogP) is 3.70. The van der Waals surface area contributed by atoms with Gasteiger partial charge < -0.3 is 19.9 Å². The summed E-state index contributed by atoms with van der Waals surface area (Å²) in [6, 6.07) is 15.6. The lowest BCUT2D eigenvalue weighted by Crippen LogP contribution is -2.45. The van der Waals surface area contributed by atoms with Crippen LogP contribution >= 0.6 is 11.3 Å². The first-order valence-corrected chi connectivity index (χ1v) is 12.9. The van der Waals surface area contributed by atoms with Crippen molar-refractivity contribution in [2.24, 2.45) is 11.8 Å². The van der Waals surface area contributed by atoms with Crippen LogP contribution in [0, 0.1) is 11.8 Å². The number of hydrogen-bond donors (Lipinski definition) is 1. The molecule has 3 atom stereocenters. The summed E-state index contributed by atoms with van der Waals surface area (Å²) in [6.07, 6.45) is 1.86. The third kappa shape index (κ3) is 3.95. The minimum absolute atomic E-state index is 0.0161. The first kappa shape index (κ1) is 22.1. The summed E-state index contributed by atoms with van der Waals surface area (Å²) >= 11 is 1.53. The van der Waals surface area contributed by atoms with Crippen molar-refractivity contribution in [2.45, 2.75) is 18.9 Å². The molecular formula is C27H28N4O3S. The average Bonchev–Trinajstić information content (AvgIpc) is 3.24. The van der Waals surface area contributed by atoms with E-state index < -0.39 is 0 Å². The Labute approximate surface area is 208 Å². The number of aromatic nitrogens is 1. The molecule has 2 fully saturated rings. The van der Waals surface area contributed by atoms with Crippen LogP contribution < -0.4 is 15.0 Å².